The topological polar surface area (TPSA) is 84.2 Å². The highest BCUT2D eigenvalue weighted by atomic mass is 16.4. The minimum atomic E-state index is -0.762. The van der Waals surface area contributed by atoms with Crippen molar-refractivity contribution in [3.05, 3.63) is 22.7 Å². The van der Waals surface area contributed by atoms with Gasteiger partial charge in [-0.25, -0.2) is 4.98 Å². The lowest BCUT2D eigenvalue weighted by Crippen LogP contribution is -2.23. The zero-order valence-electron chi connectivity index (χ0n) is 12.3. The Hall–Kier alpha value is -1.85. The van der Waals surface area contributed by atoms with Crippen LogP contribution in [0.15, 0.2) is 17.2 Å². The Bertz CT molecular complexity index is 497. The van der Waals surface area contributed by atoms with Gasteiger partial charge in [-0.1, -0.05) is 13.8 Å². The molecule has 1 aromatic rings. The third kappa shape index (κ3) is 5.03. The van der Waals surface area contributed by atoms with Gasteiger partial charge in [-0.2, -0.15) is 0 Å². The largest absolute Gasteiger partial charge is 0.481 e. The molecule has 1 atom stereocenters. The molecule has 1 aromatic heterocycles. The molecule has 0 aromatic carbocycles. The van der Waals surface area contributed by atoms with E-state index in [1.165, 1.54) is 4.57 Å². The first kappa shape index (κ1) is 16.2. The van der Waals surface area contributed by atoms with E-state index in [0.717, 1.165) is 6.42 Å². The van der Waals surface area contributed by atoms with Crippen LogP contribution in [0.3, 0.4) is 0 Å². The molecule has 112 valence electrons. The molecule has 20 heavy (non-hydrogen) atoms. The Kier molecular flexibility index (Phi) is 6.21. The lowest BCUT2D eigenvalue weighted by Gasteiger charge is -2.20. The highest BCUT2D eigenvalue weighted by Crippen LogP contribution is 2.20. The highest BCUT2D eigenvalue weighted by Gasteiger charge is 2.15. The first-order valence-electron chi connectivity index (χ1n) is 6.89. The van der Waals surface area contributed by atoms with Gasteiger partial charge >= 0.3 is 5.97 Å². The summed E-state index contributed by atoms with van der Waals surface area (Å²) < 4.78 is 1.47. The summed E-state index contributed by atoms with van der Waals surface area (Å²) >= 11 is 0. The second kappa shape index (κ2) is 7.67. The van der Waals surface area contributed by atoms with E-state index in [4.69, 9.17) is 5.11 Å². The molecule has 6 heteroatoms. The summed E-state index contributed by atoms with van der Waals surface area (Å²) in [5.41, 5.74) is -0.154. The summed E-state index contributed by atoms with van der Waals surface area (Å²) in [6.07, 6.45) is 4.86. The number of aromatic nitrogens is 2. The molecule has 0 aliphatic heterocycles. The first-order valence-corrected chi connectivity index (χ1v) is 6.89. The second-order valence-corrected chi connectivity index (χ2v) is 5.34. The number of carbonyl (C=O) groups is 1. The smallest absolute Gasteiger partial charge is 0.303 e. The Labute approximate surface area is 118 Å². The van der Waals surface area contributed by atoms with Crippen LogP contribution in [0, 0.1) is 11.8 Å². The molecule has 0 aliphatic carbocycles. The highest BCUT2D eigenvalue weighted by molar-refractivity contribution is 5.66. The predicted molar refractivity (Wildman–Crippen MR) is 77.8 cm³/mol. The van der Waals surface area contributed by atoms with Crippen molar-refractivity contribution in [3.63, 3.8) is 0 Å². The van der Waals surface area contributed by atoms with Crippen LogP contribution in [-0.4, -0.2) is 27.2 Å². The molecule has 0 aliphatic rings. The van der Waals surface area contributed by atoms with Crippen LogP contribution in [-0.2, 0) is 11.8 Å². The van der Waals surface area contributed by atoms with Gasteiger partial charge in [0.1, 0.15) is 0 Å². The Morgan fingerprint density at radius 1 is 1.45 bits per heavy atom. The molecular weight excluding hydrogens is 258 g/mol. The van der Waals surface area contributed by atoms with Gasteiger partial charge in [0.15, 0.2) is 5.82 Å². The number of carboxylic acid groups (broad SMARTS) is 1. The maximum atomic E-state index is 11.8. The molecule has 0 spiro atoms. The van der Waals surface area contributed by atoms with Crippen molar-refractivity contribution in [2.24, 2.45) is 18.9 Å². The van der Waals surface area contributed by atoms with Crippen molar-refractivity contribution in [2.45, 2.75) is 33.1 Å². The molecule has 0 amide bonds. The van der Waals surface area contributed by atoms with Gasteiger partial charge in [-0.05, 0) is 24.7 Å². The zero-order chi connectivity index (χ0) is 15.1. The standard InChI is InChI=1S/C14H23N3O3/c1-10(2)11(4-5-12(18)19)6-7-15-13-14(20)17(3)9-8-16-13/h8-11H,4-7H2,1-3H3,(H,15,16)(H,18,19). The number of hydrogen-bond acceptors (Lipinski definition) is 4. The molecule has 1 rings (SSSR count). The lowest BCUT2D eigenvalue weighted by atomic mass is 9.88. The van der Waals surface area contributed by atoms with Crippen LogP contribution < -0.4 is 10.9 Å². The number of nitrogens with one attached hydrogen (secondary N) is 1. The van der Waals surface area contributed by atoms with Crippen LogP contribution in [0.2, 0.25) is 0 Å². The fraction of sp³-hybridized carbons (Fsp3) is 0.643. The summed E-state index contributed by atoms with van der Waals surface area (Å²) in [6, 6.07) is 0. The maximum Gasteiger partial charge on any atom is 0.303 e. The van der Waals surface area contributed by atoms with Crippen molar-refractivity contribution in [1.29, 1.82) is 0 Å². The van der Waals surface area contributed by atoms with E-state index in [0.29, 0.717) is 30.6 Å². The Balaban J connectivity index is 2.50. The molecule has 6 nitrogen and oxygen atoms in total. The van der Waals surface area contributed by atoms with E-state index in [9.17, 15) is 9.59 Å². The van der Waals surface area contributed by atoms with Gasteiger partial charge < -0.3 is 15.0 Å². The summed E-state index contributed by atoms with van der Waals surface area (Å²) in [5.74, 6) is 0.326. The molecule has 0 saturated heterocycles. The molecule has 0 bridgehead atoms. The van der Waals surface area contributed by atoms with E-state index in [2.05, 4.69) is 24.1 Å². The van der Waals surface area contributed by atoms with Gasteiger partial charge in [0.05, 0.1) is 0 Å². The van der Waals surface area contributed by atoms with Crippen LogP contribution >= 0.6 is 0 Å². The van der Waals surface area contributed by atoms with Gasteiger partial charge in [-0.15, -0.1) is 0 Å². The predicted octanol–water partition coefficient (Wildman–Crippen LogP) is 1.72. The number of anilines is 1. The summed E-state index contributed by atoms with van der Waals surface area (Å²) in [6.45, 7) is 4.80. The molecule has 0 saturated carbocycles. The SMILES string of the molecule is CC(C)C(CCNc1nccn(C)c1=O)CCC(=O)O. The second-order valence-electron chi connectivity index (χ2n) is 5.34. The van der Waals surface area contributed by atoms with E-state index in [1.54, 1.807) is 19.4 Å². The van der Waals surface area contributed by atoms with Crippen molar-refractivity contribution < 1.29 is 9.90 Å². The van der Waals surface area contributed by atoms with Crippen LogP contribution in [0.25, 0.3) is 0 Å². The van der Waals surface area contributed by atoms with Crippen LogP contribution in [0.4, 0.5) is 5.82 Å². The fourth-order valence-corrected chi connectivity index (χ4v) is 2.11. The molecular formula is C14H23N3O3. The summed E-state index contributed by atoms with van der Waals surface area (Å²) in [7, 11) is 1.68. The van der Waals surface area contributed by atoms with Crippen LogP contribution in [0.1, 0.15) is 33.1 Å². The van der Waals surface area contributed by atoms with E-state index < -0.39 is 5.97 Å². The molecule has 0 fully saturated rings. The molecule has 0 radical (unpaired) electrons. The van der Waals surface area contributed by atoms with E-state index >= 15 is 0 Å². The average Bonchev–Trinajstić information content (AvgIpc) is 2.37. The minimum Gasteiger partial charge on any atom is -0.481 e. The van der Waals surface area contributed by atoms with Gasteiger partial charge in [0, 0.05) is 32.4 Å². The lowest BCUT2D eigenvalue weighted by molar-refractivity contribution is -0.137. The Morgan fingerprint density at radius 2 is 2.15 bits per heavy atom. The average molecular weight is 281 g/mol. The third-order valence-corrected chi connectivity index (χ3v) is 3.50. The summed E-state index contributed by atoms with van der Waals surface area (Å²) in [5, 5.41) is 11.8. The normalized spacial score (nSPS) is 12.4. The van der Waals surface area contributed by atoms with Crippen molar-refractivity contribution in [1.82, 2.24) is 9.55 Å². The monoisotopic (exact) mass is 281 g/mol. The van der Waals surface area contributed by atoms with Gasteiger partial charge in [0.2, 0.25) is 0 Å². The number of hydrogen-bond donors (Lipinski definition) is 2. The molecule has 1 unspecified atom stereocenters. The number of nitrogens with zero attached hydrogens (tertiary/aromatic N) is 2. The molecule has 1 heterocycles. The van der Waals surface area contributed by atoms with Crippen molar-refractivity contribution in [3.8, 4) is 0 Å². The van der Waals surface area contributed by atoms with E-state index in [-0.39, 0.29) is 12.0 Å². The zero-order valence-corrected chi connectivity index (χ0v) is 12.3. The fourth-order valence-electron chi connectivity index (χ4n) is 2.11. The van der Waals surface area contributed by atoms with Crippen LogP contribution in [0.5, 0.6) is 0 Å². The maximum absolute atomic E-state index is 11.8. The third-order valence-electron chi connectivity index (χ3n) is 3.50. The quantitative estimate of drug-likeness (QED) is 0.758. The molecule has 2 N–H and O–H groups in total. The first-order chi connectivity index (χ1) is 9.41. The van der Waals surface area contributed by atoms with Gasteiger partial charge in [-0.3, -0.25) is 9.59 Å². The van der Waals surface area contributed by atoms with Crippen molar-refractivity contribution >= 4 is 11.8 Å². The van der Waals surface area contributed by atoms with Gasteiger partial charge in [0.25, 0.3) is 5.56 Å². The Morgan fingerprint density at radius 3 is 2.75 bits per heavy atom. The summed E-state index contributed by atoms with van der Waals surface area (Å²) in [4.78, 5) is 26.4. The number of aryl methyl sites for hydroxylation is 1. The van der Waals surface area contributed by atoms with Crippen molar-refractivity contribution in [2.75, 3.05) is 11.9 Å². The minimum absolute atomic E-state index is 0.154. The number of aliphatic carboxylic acids is 1. The van der Waals surface area contributed by atoms with E-state index in [1.807, 2.05) is 0 Å². The number of carboxylic acids is 1. The number of rotatable bonds is 8.